The van der Waals surface area contributed by atoms with Crippen LogP contribution in [0.4, 0.5) is 18.9 Å². The van der Waals surface area contributed by atoms with Crippen LogP contribution in [0.5, 0.6) is 0 Å². The number of halogens is 3. The number of carbonyl (C=O) groups is 1. The summed E-state index contributed by atoms with van der Waals surface area (Å²) < 4.78 is 38.1. The number of rotatable bonds is 1. The maximum absolute atomic E-state index is 12.7. The summed E-state index contributed by atoms with van der Waals surface area (Å²) in [5.41, 5.74) is 5.00. The minimum atomic E-state index is -4.39. The Morgan fingerprint density at radius 1 is 1.41 bits per heavy atom. The quantitative estimate of drug-likeness (QED) is 0.791. The van der Waals surface area contributed by atoms with Gasteiger partial charge in [0.25, 0.3) is 0 Å². The van der Waals surface area contributed by atoms with Crippen LogP contribution < -0.4 is 11.1 Å². The third-order valence-corrected chi connectivity index (χ3v) is 2.85. The molecule has 0 radical (unpaired) electrons. The minimum Gasteiger partial charge on any atom is -0.384 e. The second-order valence-corrected chi connectivity index (χ2v) is 4.02. The highest BCUT2D eigenvalue weighted by Gasteiger charge is 2.36. The zero-order valence-corrected chi connectivity index (χ0v) is 8.84. The van der Waals surface area contributed by atoms with E-state index < -0.39 is 23.6 Å². The van der Waals surface area contributed by atoms with E-state index in [9.17, 15) is 18.0 Å². The Bertz CT molecular complexity index is 457. The van der Waals surface area contributed by atoms with Crippen LogP contribution in [0.15, 0.2) is 18.2 Å². The van der Waals surface area contributed by atoms with E-state index in [-0.39, 0.29) is 18.7 Å². The van der Waals surface area contributed by atoms with Gasteiger partial charge in [0.05, 0.1) is 11.5 Å². The zero-order valence-electron chi connectivity index (χ0n) is 8.84. The van der Waals surface area contributed by atoms with Crippen molar-refractivity contribution < 1.29 is 18.0 Å². The maximum Gasteiger partial charge on any atom is 0.418 e. The standard InChI is InChI=1S/C11H11F3N2O/c12-11(13,14)8-3-1-2-6-4-7(10(15)17)5-16-9(6)8/h1-3,7,16H,4-5H2,(H2,15,17). The van der Waals surface area contributed by atoms with E-state index in [0.29, 0.717) is 5.56 Å². The Morgan fingerprint density at radius 3 is 2.71 bits per heavy atom. The fourth-order valence-corrected chi connectivity index (χ4v) is 1.98. The molecule has 6 heteroatoms. The lowest BCUT2D eigenvalue weighted by atomic mass is 9.91. The summed E-state index contributed by atoms with van der Waals surface area (Å²) in [5.74, 6) is -0.952. The number of amides is 1. The van der Waals surface area contributed by atoms with Crippen molar-refractivity contribution in [2.45, 2.75) is 12.6 Å². The molecule has 1 aromatic carbocycles. The van der Waals surface area contributed by atoms with Crippen molar-refractivity contribution in [3.8, 4) is 0 Å². The number of anilines is 1. The predicted octanol–water partition coefficient (Wildman–Crippen LogP) is 1.77. The number of fused-ring (bicyclic) bond motifs is 1. The highest BCUT2D eigenvalue weighted by Crippen LogP contribution is 2.38. The van der Waals surface area contributed by atoms with E-state index in [4.69, 9.17) is 5.73 Å². The average Bonchev–Trinajstić information content (AvgIpc) is 2.26. The van der Waals surface area contributed by atoms with Gasteiger partial charge in [-0.05, 0) is 18.1 Å². The monoisotopic (exact) mass is 244 g/mol. The summed E-state index contributed by atoms with van der Waals surface area (Å²) in [6.45, 7) is 0.148. The molecule has 1 aliphatic rings. The van der Waals surface area contributed by atoms with Gasteiger partial charge in [-0.3, -0.25) is 4.79 Å². The third kappa shape index (κ3) is 2.20. The number of nitrogens with two attached hydrogens (primary N) is 1. The first-order valence-corrected chi connectivity index (χ1v) is 5.12. The first-order valence-electron chi connectivity index (χ1n) is 5.12. The largest absolute Gasteiger partial charge is 0.418 e. The average molecular weight is 244 g/mol. The van der Waals surface area contributed by atoms with E-state index in [1.807, 2.05) is 0 Å². The Balaban J connectivity index is 2.39. The molecule has 92 valence electrons. The lowest BCUT2D eigenvalue weighted by molar-refractivity contribution is -0.137. The van der Waals surface area contributed by atoms with Crippen molar-refractivity contribution in [1.82, 2.24) is 0 Å². The van der Waals surface area contributed by atoms with Gasteiger partial charge >= 0.3 is 6.18 Å². The number of benzene rings is 1. The first-order chi connectivity index (χ1) is 7.89. The van der Waals surface area contributed by atoms with Crippen molar-refractivity contribution in [2.75, 3.05) is 11.9 Å². The van der Waals surface area contributed by atoms with E-state index in [0.717, 1.165) is 6.07 Å². The summed E-state index contributed by atoms with van der Waals surface area (Å²) in [7, 11) is 0. The molecule has 1 heterocycles. The Kier molecular flexibility index (Phi) is 2.73. The SMILES string of the molecule is NC(=O)C1CNc2c(cccc2C(F)(F)F)C1. The zero-order chi connectivity index (χ0) is 12.6. The Hall–Kier alpha value is -1.72. The van der Waals surface area contributed by atoms with Gasteiger partial charge in [0.2, 0.25) is 5.91 Å². The van der Waals surface area contributed by atoms with Gasteiger partial charge in [-0.2, -0.15) is 13.2 Å². The number of nitrogens with one attached hydrogen (secondary N) is 1. The van der Waals surface area contributed by atoms with Crippen LogP contribution in [0.3, 0.4) is 0 Å². The molecule has 1 aliphatic heterocycles. The van der Waals surface area contributed by atoms with Crippen molar-refractivity contribution in [3.63, 3.8) is 0 Å². The molecular weight excluding hydrogens is 233 g/mol. The first kappa shape index (κ1) is 11.8. The molecule has 0 saturated heterocycles. The van der Waals surface area contributed by atoms with E-state index >= 15 is 0 Å². The van der Waals surface area contributed by atoms with Crippen molar-refractivity contribution >= 4 is 11.6 Å². The van der Waals surface area contributed by atoms with Crippen molar-refractivity contribution in [3.05, 3.63) is 29.3 Å². The van der Waals surface area contributed by atoms with Gasteiger partial charge in [-0.1, -0.05) is 12.1 Å². The predicted molar refractivity (Wildman–Crippen MR) is 56.3 cm³/mol. The summed E-state index contributed by atoms with van der Waals surface area (Å²) >= 11 is 0. The normalized spacial score (nSPS) is 19.4. The molecule has 2 rings (SSSR count). The topological polar surface area (TPSA) is 55.1 Å². The third-order valence-electron chi connectivity index (χ3n) is 2.85. The fraction of sp³-hybridized carbons (Fsp3) is 0.364. The van der Waals surface area contributed by atoms with Gasteiger partial charge in [0, 0.05) is 12.2 Å². The summed E-state index contributed by atoms with van der Waals surface area (Å²) in [6.07, 6.45) is -4.14. The number of carbonyl (C=O) groups excluding carboxylic acids is 1. The summed E-state index contributed by atoms with van der Waals surface area (Å²) in [6, 6.07) is 3.94. The van der Waals surface area contributed by atoms with Gasteiger partial charge in [-0.25, -0.2) is 0 Å². The lowest BCUT2D eigenvalue weighted by Gasteiger charge is -2.26. The highest BCUT2D eigenvalue weighted by atomic mass is 19.4. The molecule has 0 saturated carbocycles. The van der Waals surface area contributed by atoms with Crippen LogP contribution in [-0.2, 0) is 17.4 Å². The van der Waals surface area contributed by atoms with Gasteiger partial charge in [-0.15, -0.1) is 0 Å². The molecule has 3 nitrogen and oxygen atoms in total. The van der Waals surface area contributed by atoms with Crippen LogP contribution >= 0.6 is 0 Å². The molecule has 0 aliphatic carbocycles. The molecule has 17 heavy (non-hydrogen) atoms. The molecule has 1 unspecified atom stereocenters. The molecule has 1 aromatic rings. The maximum atomic E-state index is 12.7. The molecule has 1 amide bonds. The van der Waals surface area contributed by atoms with Crippen LogP contribution in [0, 0.1) is 5.92 Å². The minimum absolute atomic E-state index is 0.0671. The molecule has 0 bridgehead atoms. The van der Waals surface area contributed by atoms with Crippen LogP contribution in [0.25, 0.3) is 0 Å². The molecule has 0 aromatic heterocycles. The van der Waals surface area contributed by atoms with Crippen LogP contribution in [0.2, 0.25) is 0 Å². The fourth-order valence-electron chi connectivity index (χ4n) is 1.98. The van der Waals surface area contributed by atoms with Gasteiger partial charge < -0.3 is 11.1 Å². The second kappa shape index (κ2) is 3.94. The van der Waals surface area contributed by atoms with Crippen molar-refractivity contribution in [2.24, 2.45) is 11.7 Å². The van der Waals surface area contributed by atoms with Crippen LogP contribution in [-0.4, -0.2) is 12.5 Å². The molecular formula is C11H11F3N2O. The number of alkyl halides is 3. The molecule has 0 spiro atoms. The van der Waals surface area contributed by atoms with Gasteiger partial charge in [0.15, 0.2) is 0 Å². The van der Waals surface area contributed by atoms with Crippen LogP contribution in [0.1, 0.15) is 11.1 Å². The Labute approximate surface area is 95.8 Å². The summed E-state index contributed by atoms with van der Waals surface area (Å²) in [4.78, 5) is 11.0. The summed E-state index contributed by atoms with van der Waals surface area (Å²) in [5, 5.41) is 2.65. The Morgan fingerprint density at radius 2 is 2.12 bits per heavy atom. The number of para-hydroxylation sites is 1. The van der Waals surface area contributed by atoms with E-state index in [1.165, 1.54) is 6.07 Å². The number of primary amides is 1. The van der Waals surface area contributed by atoms with E-state index in [1.54, 1.807) is 6.07 Å². The molecule has 3 N–H and O–H groups in total. The molecule has 1 atom stereocenters. The lowest BCUT2D eigenvalue weighted by Crippen LogP contribution is -2.35. The molecule has 0 fully saturated rings. The van der Waals surface area contributed by atoms with E-state index in [2.05, 4.69) is 5.32 Å². The number of hydrogen-bond acceptors (Lipinski definition) is 2. The van der Waals surface area contributed by atoms with Crippen molar-refractivity contribution in [1.29, 1.82) is 0 Å². The van der Waals surface area contributed by atoms with Gasteiger partial charge in [0.1, 0.15) is 0 Å². The highest BCUT2D eigenvalue weighted by molar-refractivity contribution is 5.79. The second-order valence-electron chi connectivity index (χ2n) is 4.02. The smallest absolute Gasteiger partial charge is 0.384 e. The number of hydrogen-bond donors (Lipinski definition) is 2.